The fourth-order valence-corrected chi connectivity index (χ4v) is 1.73. The molecule has 0 spiro atoms. The quantitative estimate of drug-likeness (QED) is 0.797. The summed E-state index contributed by atoms with van der Waals surface area (Å²) >= 11 is 3.36. The molecule has 1 atom stereocenters. The van der Waals surface area contributed by atoms with Gasteiger partial charge in [0.2, 0.25) is 4.51 Å². The van der Waals surface area contributed by atoms with E-state index in [1.165, 1.54) is 0 Å². The van der Waals surface area contributed by atoms with Crippen LogP contribution in [0, 0.1) is 5.92 Å². The van der Waals surface area contributed by atoms with Gasteiger partial charge >= 0.3 is 0 Å². The molecule has 1 aromatic carbocycles. The molecule has 1 unspecified atom stereocenters. The van der Waals surface area contributed by atoms with E-state index in [0.29, 0.717) is 5.75 Å². The molecule has 0 saturated heterocycles. The average molecular weight is 270 g/mol. The molecule has 0 radical (unpaired) electrons. The first-order valence-corrected chi connectivity index (χ1v) is 5.62. The third kappa shape index (κ3) is 1.63. The van der Waals surface area contributed by atoms with Gasteiger partial charge < -0.3 is 10.1 Å². The van der Waals surface area contributed by atoms with Gasteiger partial charge in [0.25, 0.3) is 5.91 Å². The van der Waals surface area contributed by atoms with Crippen molar-refractivity contribution >= 4 is 27.5 Å². The van der Waals surface area contributed by atoms with E-state index in [1.807, 2.05) is 38.1 Å². The van der Waals surface area contributed by atoms with E-state index in [0.717, 1.165) is 5.69 Å². The first-order valence-electron chi connectivity index (χ1n) is 4.82. The van der Waals surface area contributed by atoms with E-state index < -0.39 is 4.51 Å². The molecule has 2 rings (SSSR count). The summed E-state index contributed by atoms with van der Waals surface area (Å²) < 4.78 is 4.74. The van der Waals surface area contributed by atoms with Crippen LogP contribution < -0.4 is 10.1 Å². The minimum atomic E-state index is -0.957. The van der Waals surface area contributed by atoms with Crippen molar-refractivity contribution in [2.45, 2.75) is 18.4 Å². The molecule has 0 aromatic heterocycles. The monoisotopic (exact) mass is 269 g/mol. The van der Waals surface area contributed by atoms with Crippen LogP contribution in [-0.4, -0.2) is 10.4 Å². The molecule has 0 aliphatic carbocycles. The Kier molecular flexibility index (Phi) is 2.46. The molecule has 1 amide bonds. The number of para-hydroxylation sites is 2. The van der Waals surface area contributed by atoms with Gasteiger partial charge in [-0.25, -0.2) is 0 Å². The third-order valence-electron chi connectivity index (χ3n) is 2.45. The van der Waals surface area contributed by atoms with Gasteiger partial charge in [0.05, 0.1) is 5.69 Å². The van der Waals surface area contributed by atoms with Crippen LogP contribution >= 0.6 is 15.9 Å². The second-order valence-corrected chi connectivity index (χ2v) is 5.03. The van der Waals surface area contributed by atoms with Crippen LogP contribution in [0.25, 0.3) is 0 Å². The van der Waals surface area contributed by atoms with Crippen molar-refractivity contribution in [3.05, 3.63) is 24.3 Å². The Morgan fingerprint density at radius 2 is 2.07 bits per heavy atom. The van der Waals surface area contributed by atoms with Gasteiger partial charge in [-0.15, -0.1) is 0 Å². The maximum atomic E-state index is 11.8. The zero-order valence-corrected chi connectivity index (χ0v) is 10.2. The van der Waals surface area contributed by atoms with Crippen LogP contribution in [-0.2, 0) is 4.79 Å². The first kappa shape index (κ1) is 10.5. The summed E-state index contributed by atoms with van der Waals surface area (Å²) in [4.78, 5) is 11.8. The van der Waals surface area contributed by atoms with Crippen molar-refractivity contribution in [2.24, 2.45) is 5.92 Å². The Hall–Kier alpha value is -1.03. The van der Waals surface area contributed by atoms with Crippen LogP contribution in [0.1, 0.15) is 13.8 Å². The molecule has 4 heteroatoms. The highest BCUT2D eigenvalue weighted by Gasteiger charge is 2.44. The second-order valence-electron chi connectivity index (χ2n) is 3.85. The summed E-state index contributed by atoms with van der Waals surface area (Å²) in [6, 6.07) is 7.40. The lowest BCUT2D eigenvalue weighted by atomic mass is 10.0. The van der Waals surface area contributed by atoms with Crippen LogP contribution in [0.2, 0.25) is 0 Å². The van der Waals surface area contributed by atoms with Crippen molar-refractivity contribution in [2.75, 3.05) is 5.32 Å². The molecular formula is C11H12BrNO2. The number of halogens is 1. The molecule has 3 nitrogen and oxygen atoms in total. The highest BCUT2D eigenvalue weighted by Crippen LogP contribution is 2.40. The van der Waals surface area contributed by atoms with E-state index >= 15 is 0 Å². The Morgan fingerprint density at radius 1 is 1.40 bits per heavy atom. The number of hydrogen-bond donors (Lipinski definition) is 1. The van der Waals surface area contributed by atoms with E-state index in [1.54, 1.807) is 0 Å². The van der Waals surface area contributed by atoms with Crippen LogP contribution in [0.4, 0.5) is 5.69 Å². The number of amides is 1. The summed E-state index contributed by atoms with van der Waals surface area (Å²) in [5.74, 6) is 0.588. The van der Waals surface area contributed by atoms with Gasteiger partial charge in [0, 0.05) is 5.92 Å². The molecule has 1 aromatic rings. The highest BCUT2D eigenvalue weighted by atomic mass is 79.9. The van der Waals surface area contributed by atoms with Crippen molar-refractivity contribution in [1.82, 2.24) is 0 Å². The lowest BCUT2D eigenvalue weighted by Gasteiger charge is -2.35. The Morgan fingerprint density at radius 3 is 2.73 bits per heavy atom. The number of carbonyl (C=O) groups is 1. The summed E-state index contributed by atoms with van der Waals surface area (Å²) in [7, 11) is 0. The van der Waals surface area contributed by atoms with Gasteiger partial charge in [0.1, 0.15) is 5.75 Å². The molecule has 0 saturated carbocycles. The molecule has 1 N–H and O–H groups in total. The fraction of sp³-hybridized carbons (Fsp3) is 0.364. The molecule has 15 heavy (non-hydrogen) atoms. The highest BCUT2D eigenvalue weighted by molar-refractivity contribution is 9.10. The van der Waals surface area contributed by atoms with Crippen molar-refractivity contribution in [3.8, 4) is 5.75 Å². The maximum absolute atomic E-state index is 11.8. The lowest BCUT2D eigenvalue weighted by Crippen LogP contribution is -2.49. The van der Waals surface area contributed by atoms with E-state index in [4.69, 9.17) is 4.74 Å². The molecular weight excluding hydrogens is 258 g/mol. The fourth-order valence-electron chi connectivity index (χ4n) is 1.45. The molecule has 1 heterocycles. The van der Waals surface area contributed by atoms with Crippen molar-refractivity contribution < 1.29 is 9.53 Å². The largest absolute Gasteiger partial charge is 0.464 e. The van der Waals surface area contributed by atoms with Crippen molar-refractivity contribution in [1.29, 1.82) is 0 Å². The van der Waals surface area contributed by atoms with E-state index in [2.05, 4.69) is 21.2 Å². The predicted octanol–water partition coefficient (Wildman–Crippen LogP) is 2.76. The first-order chi connectivity index (χ1) is 7.04. The van der Waals surface area contributed by atoms with Crippen LogP contribution in [0.5, 0.6) is 5.75 Å². The SMILES string of the molecule is CC(C)C1(Br)Oc2ccccc2NC1=O. The summed E-state index contributed by atoms with van der Waals surface area (Å²) in [6.07, 6.45) is 0. The normalized spacial score (nSPS) is 24.4. The number of benzene rings is 1. The lowest BCUT2D eigenvalue weighted by molar-refractivity contribution is -0.127. The number of fused-ring (bicyclic) bond motifs is 1. The minimum absolute atomic E-state index is 0.0471. The zero-order chi connectivity index (χ0) is 11.1. The maximum Gasteiger partial charge on any atom is 0.280 e. The Bertz CT molecular complexity index is 405. The molecule has 0 fully saturated rings. The summed E-state index contributed by atoms with van der Waals surface area (Å²) in [6.45, 7) is 3.87. The minimum Gasteiger partial charge on any atom is -0.464 e. The topological polar surface area (TPSA) is 38.3 Å². The number of hydrogen-bond acceptors (Lipinski definition) is 2. The Labute approximate surface area is 96.9 Å². The van der Waals surface area contributed by atoms with Crippen LogP contribution in [0.15, 0.2) is 24.3 Å². The predicted molar refractivity (Wildman–Crippen MR) is 62.2 cm³/mol. The van der Waals surface area contributed by atoms with Gasteiger partial charge in [-0.05, 0) is 28.1 Å². The number of rotatable bonds is 1. The molecule has 80 valence electrons. The number of carbonyl (C=O) groups excluding carboxylic acids is 1. The van der Waals surface area contributed by atoms with Gasteiger partial charge in [-0.3, -0.25) is 4.79 Å². The van der Waals surface area contributed by atoms with Gasteiger partial charge in [-0.2, -0.15) is 0 Å². The number of anilines is 1. The van der Waals surface area contributed by atoms with E-state index in [-0.39, 0.29) is 11.8 Å². The molecule has 0 bridgehead atoms. The number of alkyl halides is 1. The number of ether oxygens (including phenoxy) is 1. The summed E-state index contributed by atoms with van der Waals surface area (Å²) in [5.41, 5.74) is 0.721. The standard InChI is InChI=1S/C11H12BrNO2/c1-7(2)11(12)10(14)13-8-5-3-4-6-9(8)15-11/h3-7H,1-2H3,(H,13,14). The van der Waals surface area contributed by atoms with Gasteiger partial charge in [-0.1, -0.05) is 26.0 Å². The third-order valence-corrected chi connectivity index (χ3v) is 3.88. The molecule has 1 aliphatic rings. The number of nitrogens with one attached hydrogen (secondary N) is 1. The zero-order valence-electron chi connectivity index (χ0n) is 8.58. The summed E-state index contributed by atoms with van der Waals surface area (Å²) in [5, 5.41) is 2.82. The van der Waals surface area contributed by atoms with Crippen molar-refractivity contribution in [3.63, 3.8) is 0 Å². The van der Waals surface area contributed by atoms with E-state index in [9.17, 15) is 4.79 Å². The van der Waals surface area contributed by atoms with Gasteiger partial charge in [0.15, 0.2) is 0 Å². The Balaban J connectivity index is 2.42. The molecule has 1 aliphatic heterocycles. The average Bonchev–Trinajstić information content (AvgIpc) is 2.19. The van der Waals surface area contributed by atoms with Crippen LogP contribution in [0.3, 0.4) is 0 Å². The second kappa shape index (κ2) is 3.52. The smallest absolute Gasteiger partial charge is 0.280 e.